The van der Waals surface area contributed by atoms with Crippen LogP contribution in [0.2, 0.25) is 0 Å². The van der Waals surface area contributed by atoms with E-state index in [0.29, 0.717) is 17.7 Å². The lowest BCUT2D eigenvalue weighted by molar-refractivity contribution is -0.148. The van der Waals surface area contributed by atoms with Crippen LogP contribution in [0, 0.1) is 11.2 Å². The molecular weight excluding hydrogens is 313 g/mol. The zero-order valence-corrected chi connectivity index (χ0v) is 14.0. The number of hydrogen-bond donors (Lipinski definition) is 0. The number of benzene rings is 1. The third-order valence-corrected chi connectivity index (χ3v) is 3.39. The fourth-order valence-electron chi connectivity index (χ4n) is 2.45. The monoisotopic (exact) mass is 333 g/mol. The maximum absolute atomic E-state index is 12.9. The van der Waals surface area contributed by atoms with Crippen molar-refractivity contribution in [2.45, 2.75) is 40.2 Å². The molecule has 6 heteroatoms. The number of carbonyl (C=O) groups excluding carboxylic acids is 2. The van der Waals surface area contributed by atoms with Crippen molar-refractivity contribution in [3.8, 4) is 11.3 Å². The Hall–Kier alpha value is -2.50. The second kappa shape index (κ2) is 7.38. The molecule has 1 heterocycles. The largest absolute Gasteiger partial charge is 0.456 e. The molecule has 0 radical (unpaired) electrons. The SMILES string of the molecule is CC(=O)CC(C)(C)CC(=O)OCc1ncc(-c2ccc(F)cc2)o1. The van der Waals surface area contributed by atoms with E-state index in [-0.39, 0.29) is 30.5 Å². The lowest BCUT2D eigenvalue weighted by atomic mass is 9.84. The van der Waals surface area contributed by atoms with Crippen molar-refractivity contribution in [2.75, 3.05) is 0 Å². The summed E-state index contributed by atoms with van der Waals surface area (Å²) in [6.45, 7) is 5.09. The van der Waals surface area contributed by atoms with Gasteiger partial charge in [0.25, 0.3) is 0 Å². The maximum atomic E-state index is 12.9. The number of oxazole rings is 1. The number of ketones is 1. The number of halogens is 1. The number of Topliss-reactive ketones (excluding diaryl/α,β-unsaturated/α-hetero) is 1. The van der Waals surface area contributed by atoms with Gasteiger partial charge in [-0.2, -0.15) is 0 Å². The summed E-state index contributed by atoms with van der Waals surface area (Å²) in [5, 5.41) is 0. The summed E-state index contributed by atoms with van der Waals surface area (Å²) in [4.78, 5) is 27.1. The third kappa shape index (κ3) is 5.30. The summed E-state index contributed by atoms with van der Waals surface area (Å²) < 4.78 is 23.5. The molecule has 5 nitrogen and oxygen atoms in total. The van der Waals surface area contributed by atoms with E-state index in [1.54, 1.807) is 12.1 Å². The summed E-state index contributed by atoms with van der Waals surface area (Å²) in [5.41, 5.74) is 0.239. The lowest BCUT2D eigenvalue weighted by Gasteiger charge is -2.21. The second-order valence-electron chi connectivity index (χ2n) is 6.51. The molecule has 0 saturated carbocycles. The van der Waals surface area contributed by atoms with E-state index in [0.717, 1.165) is 0 Å². The highest BCUT2D eigenvalue weighted by Crippen LogP contribution is 2.26. The summed E-state index contributed by atoms with van der Waals surface area (Å²) in [7, 11) is 0. The van der Waals surface area contributed by atoms with Gasteiger partial charge in [0, 0.05) is 12.0 Å². The molecule has 0 bridgehead atoms. The van der Waals surface area contributed by atoms with Gasteiger partial charge in [0.1, 0.15) is 11.6 Å². The van der Waals surface area contributed by atoms with E-state index in [2.05, 4.69) is 4.98 Å². The molecule has 0 amide bonds. The topological polar surface area (TPSA) is 69.4 Å². The van der Waals surface area contributed by atoms with Crippen molar-refractivity contribution < 1.29 is 23.1 Å². The Morgan fingerprint density at radius 1 is 1.21 bits per heavy atom. The highest BCUT2D eigenvalue weighted by molar-refractivity contribution is 5.77. The van der Waals surface area contributed by atoms with Gasteiger partial charge in [-0.15, -0.1) is 0 Å². The first-order chi connectivity index (χ1) is 11.2. The van der Waals surface area contributed by atoms with Gasteiger partial charge in [0.05, 0.1) is 12.6 Å². The van der Waals surface area contributed by atoms with Crippen molar-refractivity contribution in [1.82, 2.24) is 4.98 Å². The van der Waals surface area contributed by atoms with Crippen molar-refractivity contribution >= 4 is 11.8 Å². The van der Waals surface area contributed by atoms with Gasteiger partial charge in [-0.25, -0.2) is 9.37 Å². The molecule has 0 unspecified atom stereocenters. The van der Waals surface area contributed by atoms with E-state index >= 15 is 0 Å². The van der Waals surface area contributed by atoms with Crippen LogP contribution in [-0.4, -0.2) is 16.7 Å². The molecular formula is C18H20FNO4. The molecule has 1 aromatic carbocycles. The molecule has 0 saturated heterocycles. The summed E-state index contributed by atoms with van der Waals surface area (Å²) in [5.74, 6) is 0.0119. The number of nitrogens with zero attached hydrogens (tertiary/aromatic N) is 1. The minimum absolute atomic E-state index is 0.0319. The number of carbonyl (C=O) groups is 2. The Morgan fingerprint density at radius 2 is 1.88 bits per heavy atom. The van der Waals surface area contributed by atoms with Crippen molar-refractivity contribution in [3.05, 3.63) is 42.2 Å². The lowest BCUT2D eigenvalue weighted by Crippen LogP contribution is -2.21. The predicted octanol–water partition coefficient (Wildman–Crippen LogP) is 3.92. The fourth-order valence-corrected chi connectivity index (χ4v) is 2.45. The standard InChI is InChI=1S/C18H20FNO4/c1-12(21)8-18(2,3)9-17(22)23-11-16-20-10-15(24-16)13-4-6-14(19)7-5-13/h4-7,10H,8-9,11H2,1-3H3. The Balaban J connectivity index is 1.90. The van der Waals surface area contributed by atoms with Gasteiger partial charge < -0.3 is 13.9 Å². The molecule has 0 fully saturated rings. The Bertz CT molecular complexity index is 719. The molecule has 0 aliphatic carbocycles. The molecule has 1 aromatic heterocycles. The maximum Gasteiger partial charge on any atom is 0.306 e. The van der Waals surface area contributed by atoms with Gasteiger partial charge in [-0.3, -0.25) is 4.79 Å². The first-order valence-electron chi connectivity index (χ1n) is 7.61. The zero-order chi connectivity index (χ0) is 17.7. The van der Waals surface area contributed by atoms with Crippen LogP contribution in [-0.2, 0) is 20.9 Å². The first kappa shape index (κ1) is 17.8. The van der Waals surface area contributed by atoms with E-state index in [1.165, 1.54) is 25.3 Å². The van der Waals surface area contributed by atoms with Gasteiger partial charge in [0.2, 0.25) is 5.89 Å². The third-order valence-electron chi connectivity index (χ3n) is 3.39. The number of rotatable bonds is 7. The molecule has 0 aliphatic rings. The van der Waals surface area contributed by atoms with E-state index in [9.17, 15) is 14.0 Å². The van der Waals surface area contributed by atoms with E-state index in [1.807, 2.05) is 13.8 Å². The fraction of sp³-hybridized carbons (Fsp3) is 0.389. The van der Waals surface area contributed by atoms with Gasteiger partial charge >= 0.3 is 5.97 Å². The predicted molar refractivity (Wildman–Crippen MR) is 85.4 cm³/mol. The number of aromatic nitrogens is 1. The van der Waals surface area contributed by atoms with E-state index in [4.69, 9.17) is 9.15 Å². The molecule has 0 N–H and O–H groups in total. The minimum atomic E-state index is -0.446. The Kier molecular flexibility index (Phi) is 5.49. The molecule has 2 rings (SSSR count). The molecule has 2 aromatic rings. The minimum Gasteiger partial charge on any atom is -0.456 e. The van der Waals surface area contributed by atoms with Crippen LogP contribution >= 0.6 is 0 Å². The average molecular weight is 333 g/mol. The highest BCUT2D eigenvalue weighted by atomic mass is 19.1. The molecule has 0 spiro atoms. The van der Waals surface area contributed by atoms with Crippen LogP contribution in [0.25, 0.3) is 11.3 Å². The Labute approximate surface area is 139 Å². The van der Waals surface area contributed by atoms with Gasteiger partial charge in [-0.05, 0) is 36.6 Å². The van der Waals surface area contributed by atoms with Crippen LogP contribution < -0.4 is 0 Å². The van der Waals surface area contributed by atoms with Crippen molar-refractivity contribution in [3.63, 3.8) is 0 Å². The van der Waals surface area contributed by atoms with Gasteiger partial charge in [-0.1, -0.05) is 13.8 Å². The van der Waals surface area contributed by atoms with Crippen LogP contribution in [0.1, 0.15) is 39.5 Å². The van der Waals surface area contributed by atoms with Gasteiger partial charge in [0.15, 0.2) is 12.4 Å². The van der Waals surface area contributed by atoms with Crippen LogP contribution in [0.15, 0.2) is 34.9 Å². The number of ether oxygens (including phenoxy) is 1. The number of hydrogen-bond acceptors (Lipinski definition) is 5. The van der Waals surface area contributed by atoms with Crippen molar-refractivity contribution in [2.24, 2.45) is 5.41 Å². The quantitative estimate of drug-likeness (QED) is 0.718. The van der Waals surface area contributed by atoms with Crippen LogP contribution in [0.5, 0.6) is 0 Å². The molecule has 0 atom stereocenters. The van der Waals surface area contributed by atoms with Crippen molar-refractivity contribution in [1.29, 1.82) is 0 Å². The molecule has 24 heavy (non-hydrogen) atoms. The normalized spacial score (nSPS) is 11.3. The highest BCUT2D eigenvalue weighted by Gasteiger charge is 2.25. The smallest absolute Gasteiger partial charge is 0.306 e. The molecule has 0 aliphatic heterocycles. The van der Waals surface area contributed by atoms with E-state index < -0.39 is 11.4 Å². The first-order valence-corrected chi connectivity index (χ1v) is 7.61. The second-order valence-corrected chi connectivity index (χ2v) is 6.51. The zero-order valence-electron chi connectivity index (χ0n) is 14.0. The summed E-state index contributed by atoms with van der Waals surface area (Å²) >= 11 is 0. The summed E-state index contributed by atoms with van der Waals surface area (Å²) in [6, 6.07) is 5.81. The summed E-state index contributed by atoms with van der Waals surface area (Å²) in [6.07, 6.45) is 1.95. The molecule has 128 valence electrons. The number of esters is 1. The average Bonchev–Trinajstić information content (AvgIpc) is 2.93. The Morgan fingerprint density at radius 3 is 2.50 bits per heavy atom. The van der Waals surface area contributed by atoms with Crippen LogP contribution in [0.3, 0.4) is 0 Å². The van der Waals surface area contributed by atoms with Crippen LogP contribution in [0.4, 0.5) is 4.39 Å².